The van der Waals surface area contributed by atoms with Crippen molar-refractivity contribution in [3.8, 4) is 5.75 Å². The Kier molecular flexibility index (Phi) is 7.67. The number of aromatic nitrogens is 1. The third-order valence-corrected chi connectivity index (χ3v) is 4.82. The molecule has 1 aliphatic rings. The molecule has 150 valence electrons. The normalized spacial score (nSPS) is 15.5. The summed E-state index contributed by atoms with van der Waals surface area (Å²) >= 11 is 0. The van der Waals surface area contributed by atoms with Crippen LogP contribution < -0.4 is 10.1 Å². The molecule has 1 aromatic carbocycles. The summed E-state index contributed by atoms with van der Waals surface area (Å²) in [6, 6.07) is 14.0. The second-order valence-electron chi connectivity index (χ2n) is 6.80. The molecule has 0 radical (unpaired) electrons. The smallest absolute Gasteiger partial charge is 0.193 e. The summed E-state index contributed by atoms with van der Waals surface area (Å²) in [5.41, 5.74) is 2.07. The molecular formula is C22H30N4O2. The Morgan fingerprint density at radius 1 is 1.21 bits per heavy atom. The lowest BCUT2D eigenvalue weighted by atomic mass is 10.1. The zero-order chi connectivity index (χ0) is 19.6. The molecule has 0 atom stereocenters. The number of likely N-dealkylation sites (tertiary alicyclic amines) is 1. The van der Waals surface area contributed by atoms with Crippen LogP contribution in [0.2, 0.25) is 0 Å². The van der Waals surface area contributed by atoms with Crippen molar-refractivity contribution < 1.29 is 9.47 Å². The van der Waals surface area contributed by atoms with E-state index in [0.29, 0.717) is 19.3 Å². The fourth-order valence-corrected chi connectivity index (χ4v) is 3.37. The number of guanidine groups is 1. The van der Waals surface area contributed by atoms with Crippen LogP contribution in [0, 0.1) is 0 Å². The Morgan fingerprint density at radius 2 is 2.07 bits per heavy atom. The average Bonchev–Trinajstić information content (AvgIpc) is 2.75. The SMILES string of the molecule is CCOC1CCN(C(=NC)NCc2cccc(OCc3ccccn3)c2)CC1. The number of rotatable bonds is 7. The van der Waals surface area contributed by atoms with Crippen LogP contribution in [0.15, 0.2) is 53.7 Å². The predicted octanol–water partition coefficient (Wildman–Crippen LogP) is 3.24. The maximum atomic E-state index is 5.87. The lowest BCUT2D eigenvalue weighted by molar-refractivity contribution is 0.0263. The highest BCUT2D eigenvalue weighted by Gasteiger charge is 2.21. The van der Waals surface area contributed by atoms with Gasteiger partial charge in [-0.25, -0.2) is 0 Å². The summed E-state index contributed by atoms with van der Waals surface area (Å²) in [4.78, 5) is 11.0. The van der Waals surface area contributed by atoms with Crippen molar-refractivity contribution in [2.24, 2.45) is 4.99 Å². The summed E-state index contributed by atoms with van der Waals surface area (Å²) in [6.07, 6.45) is 4.26. The van der Waals surface area contributed by atoms with Gasteiger partial charge in [0, 0.05) is 39.5 Å². The van der Waals surface area contributed by atoms with Crippen LogP contribution in [0.5, 0.6) is 5.75 Å². The quantitative estimate of drug-likeness (QED) is 0.588. The van der Waals surface area contributed by atoms with Gasteiger partial charge in [0.1, 0.15) is 12.4 Å². The monoisotopic (exact) mass is 382 g/mol. The topological polar surface area (TPSA) is 59.0 Å². The van der Waals surface area contributed by atoms with E-state index in [0.717, 1.165) is 55.5 Å². The van der Waals surface area contributed by atoms with Crippen LogP contribution in [0.1, 0.15) is 31.0 Å². The molecule has 6 nitrogen and oxygen atoms in total. The van der Waals surface area contributed by atoms with Gasteiger partial charge in [-0.15, -0.1) is 0 Å². The van der Waals surface area contributed by atoms with Crippen molar-refractivity contribution in [3.63, 3.8) is 0 Å². The first-order chi connectivity index (χ1) is 13.8. The number of hydrogen-bond donors (Lipinski definition) is 1. The Hall–Kier alpha value is -2.60. The number of aliphatic imine (C=N–C) groups is 1. The van der Waals surface area contributed by atoms with Crippen molar-refractivity contribution >= 4 is 5.96 Å². The highest BCUT2D eigenvalue weighted by Crippen LogP contribution is 2.16. The minimum atomic E-state index is 0.382. The van der Waals surface area contributed by atoms with Gasteiger partial charge < -0.3 is 19.7 Å². The van der Waals surface area contributed by atoms with Crippen LogP contribution in [-0.2, 0) is 17.9 Å². The third-order valence-electron chi connectivity index (χ3n) is 4.82. The zero-order valence-electron chi connectivity index (χ0n) is 16.8. The first-order valence-electron chi connectivity index (χ1n) is 9.97. The molecule has 1 fully saturated rings. The molecule has 1 saturated heterocycles. The van der Waals surface area contributed by atoms with Gasteiger partial charge in [0.05, 0.1) is 11.8 Å². The van der Waals surface area contributed by atoms with E-state index in [1.807, 2.05) is 37.4 Å². The van der Waals surface area contributed by atoms with E-state index in [9.17, 15) is 0 Å². The van der Waals surface area contributed by atoms with Gasteiger partial charge in [-0.2, -0.15) is 0 Å². The minimum Gasteiger partial charge on any atom is -0.487 e. The second kappa shape index (κ2) is 10.7. The predicted molar refractivity (Wildman–Crippen MR) is 111 cm³/mol. The van der Waals surface area contributed by atoms with Gasteiger partial charge in [0.25, 0.3) is 0 Å². The highest BCUT2D eigenvalue weighted by molar-refractivity contribution is 5.80. The summed E-state index contributed by atoms with van der Waals surface area (Å²) in [5.74, 6) is 1.78. The molecule has 1 N–H and O–H groups in total. The summed E-state index contributed by atoms with van der Waals surface area (Å²) < 4.78 is 11.6. The van der Waals surface area contributed by atoms with Gasteiger partial charge in [-0.3, -0.25) is 9.98 Å². The maximum absolute atomic E-state index is 5.87. The molecule has 6 heteroatoms. The van der Waals surface area contributed by atoms with Gasteiger partial charge in [-0.05, 0) is 49.6 Å². The minimum absolute atomic E-state index is 0.382. The summed E-state index contributed by atoms with van der Waals surface area (Å²) in [7, 11) is 1.84. The Balaban J connectivity index is 1.49. The number of hydrogen-bond acceptors (Lipinski definition) is 4. The number of pyridine rings is 1. The first-order valence-corrected chi connectivity index (χ1v) is 9.97. The fourth-order valence-electron chi connectivity index (χ4n) is 3.37. The Morgan fingerprint density at radius 3 is 2.79 bits per heavy atom. The van der Waals surface area contributed by atoms with Gasteiger partial charge >= 0.3 is 0 Å². The molecule has 0 bridgehead atoms. The number of piperidine rings is 1. The van der Waals surface area contributed by atoms with Crippen LogP contribution >= 0.6 is 0 Å². The largest absolute Gasteiger partial charge is 0.487 e. The maximum Gasteiger partial charge on any atom is 0.193 e. The van der Waals surface area contributed by atoms with Crippen molar-refractivity contribution in [1.29, 1.82) is 0 Å². The summed E-state index contributed by atoms with van der Waals surface area (Å²) in [6.45, 7) is 5.96. The van der Waals surface area contributed by atoms with Gasteiger partial charge in [0.15, 0.2) is 5.96 Å². The van der Waals surface area contributed by atoms with Crippen LogP contribution in [0.4, 0.5) is 0 Å². The molecule has 1 aromatic heterocycles. The standard InChI is InChI=1S/C22H30N4O2/c1-3-27-20-10-13-26(14-11-20)22(23-2)25-16-18-7-6-9-21(15-18)28-17-19-8-4-5-12-24-19/h4-9,12,15,20H,3,10-11,13-14,16-17H2,1-2H3,(H,23,25). The molecule has 1 aliphatic heterocycles. The Labute approximate surface area is 167 Å². The average molecular weight is 383 g/mol. The molecule has 0 unspecified atom stereocenters. The van der Waals surface area contributed by atoms with Crippen molar-refractivity contribution in [3.05, 3.63) is 59.9 Å². The number of nitrogens with one attached hydrogen (secondary N) is 1. The summed E-state index contributed by atoms with van der Waals surface area (Å²) in [5, 5.41) is 3.47. The van der Waals surface area contributed by atoms with E-state index in [1.54, 1.807) is 6.20 Å². The Bertz CT molecular complexity index is 743. The molecule has 0 aliphatic carbocycles. The van der Waals surface area contributed by atoms with Crippen LogP contribution in [-0.4, -0.2) is 48.7 Å². The molecule has 0 amide bonds. The molecular weight excluding hydrogens is 352 g/mol. The lowest BCUT2D eigenvalue weighted by Gasteiger charge is -2.34. The van der Waals surface area contributed by atoms with Gasteiger partial charge in [-0.1, -0.05) is 18.2 Å². The van der Waals surface area contributed by atoms with Crippen LogP contribution in [0.25, 0.3) is 0 Å². The second-order valence-corrected chi connectivity index (χ2v) is 6.80. The third kappa shape index (κ3) is 5.96. The molecule has 28 heavy (non-hydrogen) atoms. The highest BCUT2D eigenvalue weighted by atomic mass is 16.5. The number of benzene rings is 1. The lowest BCUT2D eigenvalue weighted by Crippen LogP contribution is -2.46. The van der Waals surface area contributed by atoms with E-state index in [2.05, 4.69) is 39.2 Å². The van der Waals surface area contributed by atoms with Crippen LogP contribution in [0.3, 0.4) is 0 Å². The molecule has 2 heterocycles. The van der Waals surface area contributed by atoms with E-state index < -0.39 is 0 Å². The van der Waals surface area contributed by atoms with E-state index >= 15 is 0 Å². The first kappa shape index (κ1) is 20.1. The van der Waals surface area contributed by atoms with Crippen molar-refractivity contribution in [2.45, 2.75) is 39.0 Å². The number of ether oxygens (including phenoxy) is 2. The molecule has 0 spiro atoms. The van der Waals surface area contributed by atoms with Crippen molar-refractivity contribution in [1.82, 2.24) is 15.2 Å². The van der Waals surface area contributed by atoms with E-state index in [1.165, 1.54) is 0 Å². The van der Waals surface area contributed by atoms with E-state index in [-0.39, 0.29) is 0 Å². The zero-order valence-corrected chi connectivity index (χ0v) is 16.8. The molecule has 0 saturated carbocycles. The number of nitrogens with zero attached hydrogens (tertiary/aromatic N) is 3. The molecule has 2 aromatic rings. The fraction of sp³-hybridized carbons (Fsp3) is 0.455. The van der Waals surface area contributed by atoms with E-state index in [4.69, 9.17) is 9.47 Å². The van der Waals surface area contributed by atoms with Crippen molar-refractivity contribution in [2.75, 3.05) is 26.7 Å². The van der Waals surface area contributed by atoms with Gasteiger partial charge in [0.2, 0.25) is 0 Å². The molecule has 3 rings (SSSR count).